The number of carbonyl (C=O) groups is 1. The van der Waals surface area contributed by atoms with Crippen LogP contribution in [0.2, 0.25) is 0 Å². The van der Waals surface area contributed by atoms with Crippen molar-refractivity contribution in [2.45, 2.75) is 43.5 Å². The van der Waals surface area contributed by atoms with Crippen molar-refractivity contribution in [1.82, 2.24) is 9.62 Å². The van der Waals surface area contributed by atoms with Gasteiger partial charge in [0, 0.05) is 48.8 Å². The SMILES string of the molecule is CCN(C)SNc1ccc(F)c(Oc2ccc(NC=NC)c(C=O)c2)c1C#N.CSC1CCOC2(CCNCC2)C1. The Balaban J connectivity index is 0.000000294. The van der Waals surface area contributed by atoms with Gasteiger partial charge in [0.2, 0.25) is 0 Å². The molecule has 2 aliphatic rings. The molecule has 0 saturated carbocycles. The van der Waals surface area contributed by atoms with Crippen LogP contribution in [0.25, 0.3) is 0 Å². The summed E-state index contributed by atoms with van der Waals surface area (Å²) in [5, 5.41) is 16.6. The number of nitriles is 1. The number of thioether (sulfide) groups is 1. The molecule has 0 amide bonds. The number of anilines is 2. The molecule has 41 heavy (non-hydrogen) atoms. The first-order valence-corrected chi connectivity index (χ1v) is 15.6. The molecule has 2 aliphatic heterocycles. The van der Waals surface area contributed by atoms with E-state index in [2.05, 4.69) is 26.6 Å². The minimum atomic E-state index is -0.677. The molecule has 2 heterocycles. The zero-order valence-corrected chi connectivity index (χ0v) is 25.7. The smallest absolute Gasteiger partial charge is 0.182 e. The summed E-state index contributed by atoms with van der Waals surface area (Å²) in [5.74, 6) is -0.657. The quantitative estimate of drug-likeness (QED) is 0.131. The number of hydrogen-bond donors (Lipinski definition) is 3. The summed E-state index contributed by atoms with van der Waals surface area (Å²) in [6.45, 7) is 6.02. The Morgan fingerprint density at radius 2 is 2.07 bits per heavy atom. The van der Waals surface area contributed by atoms with Gasteiger partial charge in [0.15, 0.2) is 17.9 Å². The number of aldehydes is 1. The fourth-order valence-corrected chi connectivity index (χ4v) is 5.90. The molecule has 0 aliphatic carbocycles. The Morgan fingerprint density at radius 3 is 2.73 bits per heavy atom. The molecule has 222 valence electrons. The van der Waals surface area contributed by atoms with E-state index in [9.17, 15) is 14.4 Å². The van der Waals surface area contributed by atoms with E-state index in [4.69, 9.17) is 9.47 Å². The number of ether oxygens (including phenoxy) is 2. The van der Waals surface area contributed by atoms with Crippen LogP contribution in [-0.4, -0.2) is 74.4 Å². The van der Waals surface area contributed by atoms with Crippen LogP contribution >= 0.6 is 23.9 Å². The maximum atomic E-state index is 14.4. The topological polar surface area (TPSA) is 111 Å². The molecule has 1 unspecified atom stereocenters. The lowest BCUT2D eigenvalue weighted by molar-refractivity contribution is -0.0929. The van der Waals surface area contributed by atoms with Crippen molar-refractivity contribution < 1.29 is 18.7 Å². The monoisotopic (exact) mass is 602 g/mol. The summed E-state index contributed by atoms with van der Waals surface area (Å²) < 4.78 is 30.9. The van der Waals surface area contributed by atoms with Crippen molar-refractivity contribution in [2.24, 2.45) is 4.99 Å². The van der Waals surface area contributed by atoms with E-state index in [1.807, 2.05) is 36.1 Å². The molecular weight excluding hydrogens is 563 g/mol. The molecule has 0 radical (unpaired) electrons. The normalized spacial score (nSPS) is 17.9. The summed E-state index contributed by atoms with van der Waals surface area (Å²) in [4.78, 5) is 15.1. The maximum Gasteiger partial charge on any atom is 0.182 e. The van der Waals surface area contributed by atoms with Crippen LogP contribution in [0.4, 0.5) is 15.8 Å². The van der Waals surface area contributed by atoms with Gasteiger partial charge in [0.05, 0.1) is 17.6 Å². The minimum Gasteiger partial charge on any atom is -0.453 e. The fourth-order valence-electron chi connectivity index (χ4n) is 4.54. The van der Waals surface area contributed by atoms with E-state index in [0.29, 0.717) is 23.2 Å². The summed E-state index contributed by atoms with van der Waals surface area (Å²) in [5.41, 5.74) is 1.55. The van der Waals surface area contributed by atoms with Gasteiger partial charge in [0.25, 0.3) is 0 Å². The first-order valence-electron chi connectivity index (χ1n) is 13.6. The average molecular weight is 603 g/mol. The van der Waals surface area contributed by atoms with Gasteiger partial charge in [-0.2, -0.15) is 17.0 Å². The van der Waals surface area contributed by atoms with E-state index >= 15 is 0 Å². The molecule has 1 atom stereocenters. The third-order valence-corrected chi connectivity index (χ3v) is 8.94. The van der Waals surface area contributed by atoms with Crippen LogP contribution in [0.5, 0.6) is 11.5 Å². The van der Waals surface area contributed by atoms with Crippen molar-refractivity contribution >= 4 is 47.9 Å². The Hall–Kier alpha value is -2.82. The van der Waals surface area contributed by atoms with Gasteiger partial charge < -0.3 is 24.8 Å². The zero-order valence-electron chi connectivity index (χ0n) is 24.0. The van der Waals surface area contributed by atoms with Crippen molar-refractivity contribution in [1.29, 1.82) is 5.26 Å². The minimum absolute atomic E-state index is 0.0324. The second-order valence-electron chi connectivity index (χ2n) is 9.68. The van der Waals surface area contributed by atoms with Crippen LogP contribution in [-0.2, 0) is 4.74 Å². The fraction of sp³-hybridized carbons (Fsp3) is 0.483. The van der Waals surface area contributed by atoms with Gasteiger partial charge in [-0.25, -0.2) is 8.70 Å². The second kappa shape index (κ2) is 16.6. The number of carbonyl (C=O) groups excluding carboxylic acids is 1. The number of nitrogens with one attached hydrogen (secondary N) is 3. The number of hydrogen-bond acceptors (Lipinski definition) is 10. The Labute approximate surface area is 250 Å². The molecule has 2 fully saturated rings. The predicted octanol–water partition coefficient (Wildman–Crippen LogP) is 5.95. The highest BCUT2D eigenvalue weighted by Crippen LogP contribution is 2.37. The van der Waals surface area contributed by atoms with Gasteiger partial charge in [-0.1, -0.05) is 6.92 Å². The lowest BCUT2D eigenvalue weighted by atomic mass is 9.85. The Bertz CT molecular complexity index is 1210. The molecule has 2 aromatic rings. The molecule has 3 N–H and O–H groups in total. The average Bonchev–Trinajstić information content (AvgIpc) is 3.01. The van der Waals surface area contributed by atoms with Crippen molar-refractivity contribution in [2.75, 3.05) is 56.6 Å². The highest BCUT2D eigenvalue weighted by molar-refractivity contribution is 7.99. The van der Waals surface area contributed by atoms with Gasteiger partial charge in [-0.05, 0) is 82.4 Å². The van der Waals surface area contributed by atoms with Gasteiger partial charge in [-0.15, -0.1) is 0 Å². The Kier molecular flexibility index (Phi) is 13.2. The van der Waals surface area contributed by atoms with Crippen LogP contribution < -0.4 is 20.1 Å². The lowest BCUT2D eigenvalue weighted by Crippen LogP contribution is -2.48. The summed E-state index contributed by atoms with van der Waals surface area (Å²) in [7, 11) is 3.47. The van der Waals surface area contributed by atoms with Crippen molar-refractivity contribution in [3.05, 3.63) is 47.3 Å². The molecule has 2 aromatic carbocycles. The number of nitrogens with zero attached hydrogens (tertiary/aromatic N) is 3. The van der Waals surface area contributed by atoms with E-state index in [1.165, 1.54) is 62.4 Å². The van der Waals surface area contributed by atoms with Crippen molar-refractivity contribution in [3.63, 3.8) is 0 Å². The standard InChI is InChI=1S/C19H20FN5O2S.C10H19NOS/c1-4-25(3)28-24-18-8-6-16(20)19(15(18)10-21)27-14-5-7-17(23-12-22-2)13(9-14)11-26;1-13-9-2-7-12-10(8-9)3-5-11-6-4-10/h5-9,11-12,24H,4H2,1-3H3,(H,22,23);9,11H,2-8H2,1H3. The maximum absolute atomic E-state index is 14.4. The molecule has 9 nitrogen and oxygen atoms in total. The van der Waals surface area contributed by atoms with Crippen molar-refractivity contribution in [3.8, 4) is 17.6 Å². The molecule has 12 heteroatoms. The van der Waals surface area contributed by atoms with E-state index in [0.717, 1.165) is 31.5 Å². The van der Waals surface area contributed by atoms with Gasteiger partial charge in [-0.3, -0.25) is 9.79 Å². The van der Waals surface area contributed by atoms with Crippen LogP contribution in [0.3, 0.4) is 0 Å². The predicted molar refractivity (Wildman–Crippen MR) is 168 cm³/mol. The molecule has 1 spiro atoms. The third kappa shape index (κ3) is 9.34. The van der Waals surface area contributed by atoms with E-state index in [1.54, 1.807) is 19.2 Å². The number of halogens is 1. The number of rotatable bonds is 10. The third-order valence-electron chi connectivity index (χ3n) is 6.99. The molecule has 4 rings (SSSR count). The zero-order chi connectivity index (χ0) is 29.7. The summed E-state index contributed by atoms with van der Waals surface area (Å²) in [6, 6.07) is 9.31. The highest BCUT2D eigenvalue weighted by atomic mass is 32.2. The molecular formula is C29H39FN6O3S2. The van der Waals surface area contributed by atoms with Gasteiger partial charge >= 0.3 is 0 Å². The second-order valence-corrected chi connectivity index (χ2v) is 11.8. The summed E-state index contributed by atoms with van der Waals surface area (Å²) >= 11 is 3.30. The largest absolute Gasteiger partial charge is 0.453 e. The lowest BCUT2D eigenvalue weighted by Gasteiger charge is -2.43. The summed E-state index contributed by atoms with van der Waals surface area (Å²) in [6.07, 6.45) is 9.26. The highest BCUT2D eigenvalue weighted by Gasteiger charge is 2.38. The van der Waals surface area contributed by atoms with E-state index in [-0.39, 0.29) is 22.7 Å². The number of aliphatic imine (C=N–C) groups is 1. The van der Waals surface area contributed by atoms with Crippen LogP contribution in [0.1, 0.15) is 48.5 Å². The van der Waals surface area contributed by atoms with Crippen LogP contribution in [0.15, 0.2) is 35.3 Å². The molecule has 2 saturated heterocycles. The molecule has 0 bridgehead atoms. The number of benzene rings is 2. The van der Waals surface area contributed by atoms with Crippen LogP contribution in [0, 0.1) is 17.1 Å². The van der Waals surface area contributed by atoms with Gasteiger partial charge in [0.1, 0.15) is 17.4 Å². The first kappa shape index (κ1) is 32.7. The Morgan fingerprint density at radius 1 is 1.32 bits per heavy atom. The molecule has 0 aromatic heterocycles. The first-order chi connectivity index (χ1) is 19.9. The number of piperidine rings is 1. The van der Waals surface area contributed by atoms with E-state index < -0.39 is 5.82 Å².